The van der Waals surface area contributed by atoms with Crippen LogP contribution in [-0.2, 0) is 14.8 Å². The Morgan fingerprint density at radius 2 is 1.83 bits per heavy atom. The van der Waals surface area contributed by atoms with Gasteiger partial charge in [-0.15, -0.1) is 0 Å². The zero-order valence-corrected chi connectivity index (χ0v) is 21.6. The van der Waals surface area contributed by atoms with E-state index in [1.807, 2.05) is 24.8 Å². The standard InChI is InChI=1S/C27H32N4O4S/c1-4-8-26(32)31-16-14-23(18(2)17-31)30-36(34,35)25-13-12-24(21-9-5-6-10-22(21)25)29-27(33)20-11-7-15-28-19(20)3/h5-7,9-13,15,18,23,30H,4,8,14,16-17H2,1-3H3,(H,29,33)/t18-,23?/m1/s1. The highest BCUT2D eigenvalue weighted by atomic mass is 32.2. The number of nitrogens with one attached hydrogen (secondary N) is 2. The second-order valence-electron chi connectivity index (χ2n) is 9.33. The minimum absolute atomic E-state index is 0.0121. The number of nitrogens with zero attached hydrogens (tertiary/aromatic N) is 2. The number of carbonyl (C=O) groups excluding carboxylic acids is 2. The van der Waals surface area contributed by atoms with Gasteiger partial charge in [-0.1, -0.05) is 38.1 Å². The van der Waals surface area contributed by atoms with Crippen molar-refractivity contribution < 1.29 is 18.0 Å². The molecule has 190 valence electrons. The normalized spacial score (nSPS) is 18.2. The number of rotatable bonds is 7. The molecule has 0 aliphatic carbocycles. The molecule has 1 unspecified atom stereocenters. The first kappa shape index (κ1) is 25.8. The summed E-state index contributed by atoms with van der Waals surface area (Å²) in [6.45, 7) is 6.78. The molecule has 2 atom stereocenters. The Morgan fingerprint density at radius 1 is 1.08 bits per heavy atom. The maximum Gasteiger partial charge on any atom is 0.257 e. The Balaban J connectivity index is 1.57. The first-order valence-corrected chi connectivity index (χ1v) is 13.7. The number of hydrogen-bond acceptors (Lipinski definition) is 5. The van der Waals surface area contributed by atoms with Crippen LogP contribution in [0, 0.1) is 12.8 Å². The fraction of sp³-hybridized carbons (Fsp3) is 0.370. The van der Waals surface area contributed by atoms with E-state index < -0.39 is 10.0 Å². The minimum Gasteiger partial charge on any atom is -0.342 e. The number of benzene rings is 2. The molecule has 36 heavy (non-hydrogen) atoms. The van der Waals surface area contributed by atoms with Crippen molar-refractivity contribution in [2.24, 2.45) is 5.92 Å². The molecule has 8 nitrogen and oxygen atoms in total. The molecule has 4 rings (SSSR count). The summed E-state index contributed by atoms with van der Waals surface area (Å²) in [5.74, 6) is -0.199. The van der Waals surface area contributed by atoms with Crippen LogP contribution in [0.15, 0.2) is 59.6 Å². The van der Waals surface area contributed by atoms with Gasteiger partial charge in [-0.3, -0.25) is 14.6 Å². The van der Waals surface area contributed by atoms with Gasteiger partial charge in [-0.05, 0) is 49.9 Å². The zero-order valence-electron chi connectivity index (χ0n) is 20.8. The highest BCUT2D eigenvalue weighted by molar-refractivity contribution is 7.89. The van der Waals surface area contributed by atoms with E-state index >= 15 is 0 Å². The smallest absolute Gasteiger partial charge is 0.257 e. The van der Waals surface area contributed by atoms with Crippen LogP contribution < -0.4 is 10.0 Å². The third-order valence-electron chi connectivity index (χ3n) is 6.70. The van der Waals surface area contributed by atoms with E-state index in [0.717, 1.165) is 6.42 Å². The lowest BCUT2D eigenvalue weighted by molar-refractivity contribution is -0.133. The molecule has 2 heterocycles. The molecule has 2 N–H and O–H groups in total. The lowest BCUT2D eigenvalue weighted by atomic mass is 9.94. The summed E-state index contributed by atoms with van der Waals surface area (Å²) in [5.41, 5.74) is 1.59. The molecule has 0 bridgehead atoms. The van der Waals surface area contributed by atoms with E-state index in [-0.39, 0.29) is 28.7 Å². The number of likely N-dealkylation sites (tertiary alicyclic amines) is 1. The molecule has 2 aromatic carbocycles. The van der Waals surface area contributed by atoms with Gasteiger partial charge in [0, 0.05) is 53.9 Å². The van der Waals surface area contributed by atoms with Crippen molar-refractivity contribution in [3.05, 3.63) is 66.0 Å². The summed E-state index contributed by atoms with van der Waals surface area (Å²) in [6, 6.07) is 13.4. The van der Waals surface area contributed by atoms with E-state index in [1.54, 1.807) is 49.5 Å². The van der Waals surface area contributed by atoms with E-state index in [2.05, 4.69) is 15.0 Å². The Labute approximate surface area is 212 Å². The van der Waals surface area contributed by atoms with Gasteiger partial charge in [0.2, 0.25) is 15.9 Å². The van der Waals surface area contributed by atoms with Gasteiger partial charge in [-0.25, -0.2) is 13.1 Å². The Hall–Kier alpha value is -3.30. The van der Waals surface area contributed by atoms with Crippen molar-refractivity contribution in [2.75, 3.05) is 18.4 Å². The highest BCUT2D eigenvalue weighted by Gasteiger charge is 2.32. The maximum atomic E-state index is 13.5. The van der Waals surface area contributed by atoms with E-state index in [9.17, 15) is 18.0 Å². The second-order valence-corrected chi connectivity index (χ2v) is 11.0. The molecule has 1 aromatic heterocycles. The fourth-order valence-electron chi connectivity index (χ4n) is 4.71. The van der Waals surface area contributed by atoms with Gasteiger partial charge in [0.05, 0.1) is 10.5 Å². The lowest BCUT2D eigenvalue weighted by Crippen LogP contribution is -2.51. The minimum atomic E-state index is -3.85. The molecule has 1 saturated heterocycles. The third-order valence-corrected chi connectivity index (χ3v) is 8.25. The molecule has 1 fully saturated rings. The van der Waals surface area contributed by atoms with Crippen molar-refractivity contribution >= 4 is 38.3 Å². The van der Waals surface area contributed by atoms with Gasteiger partial charge in [0.15, 0.2) is 0 Å². The average molecular weight is 509 g/mol. The van der Waals surface area contributed by atoms with Crippen LogP contribution in [-0.4, -0.2) is 49.2 Å². The van der Waals surface area contributed by atoms with Crippen LogP contribution >= 0.6 is 0 Å². The topological polar surface area (TPSA) is 108 Å². The number of aryl methyl sites for hydroxylation is 1. The van der Waals surface area contributed by atoms with Crippen LogP contribution in [0.1, 0.15) is 49.2 Å². The van der Waals surface area contributed by atoms with Crippen LogP contribution in [0.2, 0.25) is 0 Å². The number of anilines is 1. The number of pyridine rings is 1. The van der Waals surface area contributed by atoms with Crippen LogP contribution in [0.3, 0.4) is 0 Å². The van der Waals surface area contributed by atoms with Gasteiger partial charge in [0.1, 0.15) is 0 Å². The largest absolute Gasteiger partial charge is 0.342 e. The van der Waals surface area contributed by atoms with Gasteiger partial charge in [0.25, 0.3) is 5.91 Å². The Kier molecular flexibility index (Phi) is 7.70. The summed E-state index contributed by atoms with van der Waals surface area (Å²) in [7, 11) is -3.85. The van der Waals surface area contributed by atoms with E-state index in [0.29, 0.717) is 53.6 Å². The molecule has 9 heteroatoms. The van der Waals surface area contributed by atoms with Crippen LogP contribution in [0.25, 0.3) is 10.8 Å². The van der Waals surface area contributed by atoms with Crippen molar-refractivity contribution in [3.63, 3.8) is 0 Å². The molecular weight excluding hydrogens is 476 g/mol. The summed E-state index contributed by atoms with van der Waals surface area (Å²) in [4.78, 5) is 31.3. The lowest BCUT2D eigenvalue weighted by Gasteiger charge is -2.37. The fourth-order valence-corrected chi connectivity index (χ4v) is 6.30. The van der Waals surface area contributed by atoms with Crippen LogP contribution in [0.5, 0.6) is 0 Å². The Bertz CT molecular complexity index is 1390. The predicted octanol–water partition coefficient (Wildman–Crippen LogP) is 4.11. The number of amides is 2. The number of aromatic nitrogens is 1. The van der Waals surface area contributed by atoms with Crippen molar-refractivity contribution in [3.8, 4) is 0 Å². The SMILES string of the molecule is CCCC(=O)N1CCC(NS(=O)(=O)c2ccc(NC(=O)c3cccnc3C)c3ccccc23)[C@H](C)C1. The molecule has 0 spiro atoms. The van der Waals surface area contributed by atoms with Gasteiger partial charge in [-0.2, -0.15) is 0 Å². The number of carbonyl (C=O) groups is 2. The van der Waals surface area contributed by atoms with E-state index in [1.165, 1.54) is 6.07 Å². The highest BCUT2D eigenvalue weighted by Crippen LogP contribution is 2.31. The number of piperidine rings is 1. The number of sulfonamides is 1. The Morgan fingerprint density at radius 3 is 2.53 bits per heavy atom. The van der Waals surface area contributed by atoms with Crippen molar-refractivity contribution in [1.29, 1.82) is 0 Å². The summed E-state index contributed by atoms with van der Waals surface area (Å²) >= 11 is 0. The molecule has 2 amide bonds. The monoisotopic (exact) mass is 508 g/mol. The summed E-state index contributed by atoms with van der Waals surface area (Å²) in [5, 5.41) is 4.05. The van der Waals surface area contributed by atoms with Gasteiger partial charge >= 0.3 is 0 Å². The molecular formula is C27H32N4O4S. The van der Waals surface area contributed by atoms with Crippen LogP contribution in [0.4, 0.5) is 5.69 Å². The summed E-state index contributed by atoms with van der Waals surface area (Å²) in [6.07, 6.45) is 3.50. The molecule has 0 saturated carbocycles. The number of hydrogen-bond donors (Lipinski definition) is 2. The second kappa shape index (κ2) is 10.8. The first-order valence-electron chi connectivity index (χ1n) is 12.3. The zero-order chi connectivity index (χ0) is 25.9. The first-order chi connectivity index (χ1) is 17.2. The molecule has 1 aliphatic heterocycles. The number of fused-ring (bicyclic) bond motifs is 1. The van der Waals surface area contributed by atoms with Gasteiger partial charge < -0.3 is 10.2 Å². The third kappa shape index (κ3) is 5.42. The quantitative estimate of drug-likeness (QED) is 0.499. The van der Waals surface area contributed by atoms with E-state index in [4.69, 9.17) is 0 Å². The predicted molar refractivity (Wildman–Crippen MR) is 140 cm³/mol. The molecule has 3 aromatic rings. The van der Waals surface area contributed by atoms with Crippen molar-refractivity contribution in [1.82, 2.24) is 14.6 Å². The summed E-state index contributed by atoms with van der Waals surface area (Å²) < 4.78 is 29.9. The molecule has 1 aliphatic rings. The average Bonchev–Trinajstić information content (AvgIpc) is 2.85. The maximum absolute atomic E-state index is 13.5. The van der Waals surface area contributed by atoms with Crippen molar-refractivity contribution in [2.45, 2.75) is 51.0 Å². The molecule has 0 radical (unpaired) electrons.